The Morgan fingerprint density at radius 3 is 2.39 bits per heavy atom. The third kappa shape index (κ3) is 7.16. The average molecular weight is 571 g/mol. The van der Waals surface area contributed by atoms with E-state index in [9.17, 15) is 9.59 Å². The first kappa shape index (κ1) is 28.4. The van der Waals surface area contributed by atoms with Crippen molar-refractivity contribution >= 4 is 40.6 Å². The van der Waals surface area contributed by atoms with E-state index in [-0.39, 0.29) is 17.5 Å². The number of anilines is 3. The predicted molar refractivity (Wildman–Crippen MR) is 167 cm³/mol. The molecule has 0 saturated carbocycles. The van der Waals surface area contributed by atoms with Gasteiger partial charge in [-0.05, 0) is 67.3 Å². The summed E-state index contributed by atoms with van der Waals surface area (Å²) in [6.45, 7) is 9.80. The Kier molecular flexibility index (Phi) is 8.44. The highest BCUT2D eigenvalue weighted by atomic mass is 32.1. The Bertz CT molecular complexity index is 1480. The first-order valence-electron chi connectivity index (χ1n) is 14.1. The minimum absolute atomic E-state index is 0.0416. The summed E-state index contributed by atoms with van der Waals surface area (Å²) >= 11 is 1.57. The van der Waals surface area contributed by atoms with Gasteiger partial charge in [-0.1, -0.05) is 56.7 Å². The lowest BCUT2D eigenvalue weighted by Crippen LogP contribution is -2.41. The Morgan fingerprint density at radius 1 is 0.976 bits per heavy atom. The van der Waals surface area contributed by atoms with Gasteiger partial charge in [-0.25, -0.2) is 14.3 Å². The van der Waals surface area contributed by atoms with Crippen LogP contribution in [0.5, 0.6) is 0 Å². The molecule has 3 heterocycles. The van der Waals surface area contributed by atoms with Crippen LogP contribution >= 0.6 is 11.3 Å². The van der Waals surface area contributed by atoms with Crippen LogP contribution in [-0.4, -0.2) is 39.8 Å². The summed E-state index contributed by atoms with van der Waals surface area (Å²) in [5.74, 6) is 1.05. The summed E-state index contributed by atoms with van der Waals surface area (Å²) < 4.78 is 1.79. The van der Waals surface area contributed by atoms with Crippen LogP contribution in [0.25, 0.3) is 5.69 Å². The number of aryl methyl sites for hydroxylation is 1. The van der Waals surface area contributed by atoms with Crippen molar-refractivity contribution in [2.45, 2.75) is 52.4 Å². The number of nitrogens with zero attached hydrogens (tertiary/aromatic N) is 3. The molecule has 2 aromatic heterocycles. The van der Waals surface area contributed by atoms with Crippen LogP contribution in [0.3, 0.4) is 0 Å². The normalized spacial score (nSPS) is 14.1. The number of hydrogen-bond donors (Lipinski definition) is 3. The number of carbonyl (C=O) groups excluding carboxylic acids is 2. The van der Waals surface area contributed by atoms with E-state index < -0.39 is 0 Å². The van der Waals surface area contributed by atoms with E-state index in [0.29, 0.717) is 11.7 Å². The van der Waals surface area contributed by atoms with Crippen LogP contribution in [-0.2, 0) is 11.8 Å². The van der Waals surface area contributed by atoms with Gasteiger partial charge in [0.05, 0.1) is 17.1 Å². The van der Waals surface area contributed by atoms with Crippen LogP contribution in [0.2, 0.25) is 0 Å². The monoisotopic (exact) mass is 570 g/mol. The zero-order chi connectivity index (χ0) is 29.0. The van der Waals surface area contributed by atoms with Gasteiger partial charge in [0.25, 0.3) is 0 Å². The maximum atomic E-state index is 13.3. The summed E-state index contributed by atoms with van der Waals surface area (Å²) in [6.07, 6.45) is 2.68. The molecule has 3 N–H and O–H groups in total. The summed E-state index contributed by atoms with van der Waals surface area (Å²) in [5.41, 5.74) is 5.49. The van der Waals surface area contributed by atoms with Gasteiger partial charge in [0.15, 0.2) is 0 Å². The number of hydrogen-bond acceptors (Lipinski definition) is 4. The molecule has 1 aliphatic rings. The second-order valence-electron chi connectivity index (χ2n) is 11.7. The summed E-state index contributed by atoms with van der Waals surface area (Å²) in [5, 5.41) is 17.8. The van der Waals surface area contributed by atoms with E-state index in [1.807, 2.05) is 77.2 Å². The second kappa shape index (κ2) is 12.2. The minimum atomic E-state index is -0.314. The van der Waals surface area contributed by atoms with Gasteiger partial charge in [-0.2, -0.15) is 16.4 Å². The molecule has 0 unspecified atom stereocenters. The highest BCUT2D eigenvalue weighted by Gasteiger charge is 2.25. The Labute approximate surface area is 245 Å². The molecule has 5 rings (SSSR count). The van der Waals surface area contributed by atoms with E-state index >= 15 is 0 Å². The zero-order valence-electron chi connectivity index (χ0n) is 24.1. The molecule has 2 aromatic carbocycles. The highest BCUT2D eigenvalue weighted by Crippen LogP contribution is 2.28. The molecule has 41 heavy (non-hydrogen) atoms. The molecule has 9 heteroatoms. The van der Waals surface area contributed by atoms with Crippen molar-refractivity contribution in [3.05, 3.63) is 88.2 Å². The number of likely N-dealkylation sites (tertiary alicyclic amines) is 1. The number of rotatable bonds is 6. The van der Waals surface area contributed by atoms with Gasteiger partial charge in [0.2, 0.25) is 0 Å². The number of para-hydroxylation sites is 1. The molecule has 0 radical (unpaired) electrons. The topological polar surface area (TPSA) is 91.3 Å². The first-order chi connectivity index (χ1) is 19.7. The standard InChI is InChI=1S/C32H38N6O2S/c1-22-9-11-26(12-10-22)38-29(20-28(36-38)32(2,3)4)35-30(39)34-27-8-6-5-7-24(27)19-23-13-16-37(17-14-23)31(40)33-25-15-18-41-21-25/h5-12,15,18,20-21,23H,13-14,16-17,19H2,1-4H3,(H,33,40)(H2,34,35,39). The fourth-order valence-electron chi connectivity index (χ4n) is 5.00. The van der Waals surface area contributed by atoms with Gasteiger partial charge >= 0.3 is 12.1 Å². The molecule has 0 bridgehead atoms. The number of benzene rings is 2. The largest absolute Gasteiger partial charge is 0.325 e. The van der Waals surface area contributed by atoms with E-state index in [1.54, 1.807) is 16.0 Å². The number of amides is 4. The molecule has 1 fully saturated rings. The molecule has 1 aliphatic heterocycles. The third-order valence-electron chi connectivity index (χ3n) is 7.45. The molecule has 0 aliphatic carbocycles. The van der Waals surface area contributed by atoms with E-state index in [4.69, 9.17) is 5.10 Å². The quantitative estimate of drug-likeness (QED) is 0.222. The molecule has 4 amide bonds. The smallest absolute Gasteiger partial charge is 0.324 e. The molecule has 214 valence electrons. The molecule has 1 saturated heterocycles. The predicted octanol–water partition coefficient (Wildman–Crippen LogP) is 7.67. The summed E-state index contributed by atoms with van der Waals surface area (Å²) in [4.78, 5) is 27.7. The number of thiophene rings is 1. The van der Waals surface area contributed by atoms with Crippen LogP contribution in [0.15, 0.2) is 71.4 Å². The molecule has 0 spiro atoms. The number of carbonyl (C=O) groups is 2. The van der Waals surface area contributed by atoms with Crippen molar-refractivity contribution in [3.8, 4) is 5.69 Å². The van der Waals surface area contributed by atoms with Gasteiger partial charge in [-0.3, -0.25) is 5.32 Å². The molecular weight excluding hydrogens is 532 g/mol. The van der Waals surface area contributed by atoms with Gasteiger partial charge in [0.1, 0.15) is 5.82 Å². The van der Waals surface area contributed by atoms with E-state index in [0.717, 1.165) is 66.2 Å². The van der Waals surface area contributed by atoms with Crippen LogP contribution in [0, 0.1) is 12.8 Å². The van der Waals surface area contributed by atoms with Crippen molar-refractivity contribution < 1.29 is 9.59 Å². The Hall–Kier alpha value is -4.11. The van der Waals surface area contributed by atoms with Gasteiger partial charge < -0.3 is 15.5 Å². The van der Waals surface area contributed by atoms with Crippen LogP contribution in [0.4, 0.5) is 26.8 Å². The molecular formula is C32H38N6O2S. The third-order valence-corrected chi connectivity index (χ3v) is 8.13. The first-order valence-corrected chi connectivity index (χ1v) is 15.0. The highest BCUT2D eigenvalue weighted by molar-refractivity contribution is 7.08. The SMILES string of the molecule is Cc1ccc(-n2nc(C(C)(C)C)cc2NC(=O)Nc2ccccc2CC2CCN(C(=O)Nc3ccsc3)CC2)cc1. The lowest BCUT2D eigenvalue weighted by atomic mass is 9.89. The average Bonchev–Trinajstić information content (AvgIpc) is 3.61. The molecule has 8 nitrogen and oxygen atoms in total. The number of urea groups is 2. The fraction of sp³-hybridized carbons (Fsp3) is 0.344. The molecule has 4 aromatic rings. The van der Waals surface area contributed by atoms with Crippen molar-refractivity contribution in [3.63, 3.8) is 0 Å². The van der Waals surface area contributed by atoms with Crippen molar-refractivity contribution in [2.75, 3.05) is 29.0 Å². The lowest BCUT2D eigenvalue weighted by molar-refractivity contribution is 0.182. The van der Waals surface area contributed by atoms with Crippen LogP contribution in [0.1, 0.15) is 50.4 Å². The van der Waals surface area contributed by atoms with Crippen molar-refractivity contribution in [1.82, 2.24) is 14.7 Å². The van der Waals surface area contributed by atoms with Crippen molar-refractivity contribution in [2.24, 2.45) is 5.92 Å². The molecule has 0 atom stereocenters. The fourth-order valence-corrected chi connectivity index (χ4v) is 5.59. The number of aromatic nitrogens is 2. The van der Waals surface area contributed by atoms with Crippen LogP contribution < -0.4 is 16.0 Å². The summed E-state index contributed by atoms with van der Waals surface area (Å²) in [7, 11) is 0. The summed E-state index contributed by atoms with van der Waals surface area (Å²) in [6, 6.07) is 19.5. The lowest BCUT2D eigenvalue weighted by Gasteiger charge is -2.32. The van der Waals surface area contributed by atoms with Crippen molar-refractivity contribution in [1.29, 1.82) is 0 Å². The zero-order valence-corrected chi connectivity index (χ0v) is 24.9. The van der Waals surface area contributed by atoms with Gasteiger partial charge in [0, 0.05) is 35.6 Å². The number of nitrogens with one attached hydrogen (secondary N) is 3. The Balaban J connectivity index is 1.23. The maximum Gasteiger partial charge on any atom is 0.324 e. The maximum absolute atomic E-state index is 13.3. The minimum Gasteiger partial charge on any atom is -0.325 e. The Morgan fingerprint density at radius 2 is 1.71 bits per heavy atom. The second-order valence-corrected chi connectivity index (χ2v) is 12.5. The van der Waals surface area contributed by atoms with E-state index in [1.165, 1.54) is 0 Å². The number of piperidine rings is 1. The van der Waals surface area contributed by atoms with Gasteiger partial charge in [-0.15, -0.1) is 0 Å². The van der Waals surface area contributed by atoms with E-state index in [2.05, 4.69) is 42.8 Å².